The van der Waals surface area contributed by atoms with Gasteiger partial charge in [-0.2, -0.15) is 4.80 Å². The molecule has 0 bridgehead atoms. The first kappa shape index (κ1) is 23.2. The van der Waals surface area contributed by atoms with Gasteiger partial charge in [-0.3, -0.25) is 14.5 Å². The molecule has 0 saturated carbocycles. The minimum absolute atomic E-state index is 0.167. The second-order valence-electron chi connectivity index (χ2n) is 8.82. The van der Waals surface area contributed by atoms with E-state index in [-0.39, 0.29) is 18.4 Å². The third-order valence-electron chi connectivity index (χ3n) is 4.77. The van der Waals surface area contributed by atoms with E-state index < -0.39 is 11.6 Å². The van der Waals surface area contributed by atoms with Crippen molar-refractivity contribution in [1.82, 2.24) is 25.5 Å². The molecule has 170 valence electrons. The second kappa shape index (κ2) is 9.33. The third-order valence-corrected chi connectivity index (χ3v) is 4.77. The fraction of sp³-hybridized carbons (Fsp3) is 0.435. The summed E-state index contributed by atoms with van der Waals surface area (Å²) < 4.78 is 5.52. The molecule has 0 radical (unpaired) electrons. The van der Waals surface area contributed by atoms with E-state index in [1.807, 2.05) is 65.8 Å². The van der Waals surface area contributed by atoms with E-state index in [4.69, 9.17) is 4.42 Å². The Morgan fingerprint density at radius 1 is 1.12 bits per heavy atom. The van der Waals surface area contributed by atoms with Crippen molar-refractivity contribution in [1.29, 1.82) is 0 Å². The fourth-order valence-electron chi connectivity index (χ4n) is 3.30. The van der Waals surface area contributed by atoms with E-state index in [9.17, 15) is 9.59 Å². The molecule has 0 aliphatic heterocycles. The molecule has 2 heterocycles. The number of rotatable bonds is 7. The number of carbonyl (C=O) groups excluding carboxylic acids is 2. The van der Waals surface area contributed by atoms with Crippen LogP contribution in [0, 0.1) is 13.8 Å². The van der Waals surface area contributed by atoms with Crippen LogP contribution in [0.5, 0.6) is 0 Å². The summed E-state index contributed by atoms with van der Waals surface area (Å²) in [6.45, 7) is 11.2. The molecule has 0 fully saturated rings. The SMILES string of the molecule is CC[C@H](C(=O)NC(C)(C)C)N(C(=O)Cn1nnc(-c2ccc(C)o2)n1)c1ccc(C)cc1. The first-order valence-electron chi connectivity index (χ1n) is 10.6. The van der Waals surface area contributed by atoms with Gasteiger partial charge in [-0.15, -0.1) is 10.2 Å². The molecule has 9 nitrogen and oxygen atoms in total. The van der Waals surface area contributed by atoms with Crippen LogP contribution < -0.4 is 10.2 Å². The molecule has 3 rings (SSSR count). The zero-order chi connectivity index (χ0) is 23.5. The van der Waals surface area contributed by atoms with E-state index in [2.05, 4.69) is 20.7 Å². The lowest BCUT2D eigenvalue weighted by Gasteiger charge is -2.33. The lowest BCUT2D eigenvalue weighted by Crippen LogP contribution is -2.54. The van der Waals surface area contributed by atoms with Gasteiger partial charge in [0.15, 0.2) is 5.76 Å². The number of nitrogens with one attached hydrogen (secondary N) is 1. The van der Waals surface area contributed by atoms with Crippen LogP contribution in [0.2, 0.25) is 0 Å². The van der Waals surface area contributed by atoms with Crippen molar-refractivity contribution in [3.05, 3.63) is 47.7 Å². The average Bonchev–Trinajstić information content (AvgIpc) is 3.34. The highest BCUT2D eigenvalue weighted by Gasteiger charge is 2.32. The number of benzene rings is 1. The molecule has 1 N–H and O–H groups in total. The predicted octanol–water partition coefficient (Wildman–Crippen LogP) is 3.28. The van der Waals surface area contributed by atoms with Gasteiger partial charge >= 0.3 is 0 Å². The third kappa shape index (κ3) is 5.60. The van der Waals surface area contributed by atoms with Crippen molar-refractivity contribution in [2.75, 3.05) is 4.90 Å². The molecule has 0 aliphatic rings. The molecule has 1 atom stereocenters. The summed E-state index contributed by atoms with van der Waals surface area (Å²) in [4.78, 5) is 29.2. The number of hydrogen-bond donors (Lipinski definition) is 1. The van der Waals surface area contributed by atoms with Gasteiger partial charge in [0, 0.05) is 11.2 Å². The van der Waals surface area contributed by atoms with Crippen molar-refractivity contribution < 1.29 is 14.0 Å². The zero-order valence-corrected chi connectivity index (χ0v) is 19.4. The summed E-state index contributed by atoms with van der Waals surface area (Å²) in [5.74, 6) is 0.975. The first-order chi connectivity index (χ1) is 15.1. The number of carbonyl (C=O) groups is 2. The van der Waals surface area contributed by atoms with Crippen LogP contribution in [0.4, 0.5) is 5.69 Å². The topological polar surface area (TPSA) is 106 Å². The van der Waals surface area contributed by atoms with Gasteiger partial charge in [-0.05, 0) is 70.5 Å². The Morgan fingerprint density at radius 3 is 2.38 bits per heavy atom. The molecule has 0 unspecified atom stereocenters. The maximum atomic E-state index is 13.4. The zero-order valence-electron chi connectivity index (χ0n) is 19.4. The van der Waals surface area contributed by atoms with Crippen LogP contribution in [-0.2, 0) is 16.1 Å². The first-order valence-corrected chi connectivity index (χ1v) is 10.6. The lowest BCUT2D eigenvalue weighted by atomic mass is 10.1. The van der Waals surface area contributed by atoms with Crippen molar-refractivity contribution in [2.24, 2.45) is 0 Å². The average molecular weight is 439 g/mol. The Morgan fingerprint density at radius 2 is 1.81 bits per heavy atom. The number of furan rings is 1. The van der Waals surface area contributed by atoms with Crippen LogP contribution in [0.3, 0.4) is 0 Å². The smallest absolute Gasteiger partial charge is 0.251 e. The minimum atomic E-state index is -0.680. The number of hydrogen-bond acceptors (Lipinski definition) is 6. The maximum absolute atomic E-state index is 13.4. The minimum Gasteiger partial charge on any atom is -0.458 e. The lowest BCUT2D eigenvalue weighted by molar-refractivity contribution is -0.128. The Balaban J connectivity index is 1.88. The predicted molar refractivity (Wildman–Crippen MR) is 121 cm³/mol. The van der Waals surface area contributed by atoms with E-state index in [0.717, 1.165) is 11.3 Å². The van der Waals surface area contributed by atoms with Crippen molar-refractivity contribution in [3.63, 3.8) is 0 Å². The molecular weight excluding hydrogens is 408 g/mol. The van der Waals surface area contributed by atoms with Gasteiger partial charge in [-0.25, -0.2) is 0 Å². The van der Waals surface area contributed by atoms with E-state index in [1.54, 1.807) is 12.1 Å². The molecular formula is C23H30N6O3. The number of tetrazole rings is 1. The van der Waals surface area contributed by atoms with Crippen molar-refractivity contribution in [2.45, 2.75) is 66.1 Å². The summed E-state index contributed by atoms with van der Waals surface area (Å²) in [7, 11) is 0. The van der Waals surface area contributed by atoms with Crippen LogP contribution >= 0.6 is 0 Å². The van der Waals surface area contributed by atoms with Gasteiger partial charge < -0.3 is 9.73 Å². The molecule has 1 aromatic carbocycles. The van der Waals surface area contributed by atoms with Crippen molar-refractivity contribution >= 4 is 17.5 Å². The molecule has 0 spiro atoms. The standard InChI is InChI=1S/C23H30N6O3/c1-7-18(22(31)24-23(4,5)6)29(17-11-8-15(2)9-12-17)20(30)14-28-26-21(25-27-28)19-13-10-16(3)32-19/h8-13,18H,7,14H2,1-6H3,(H,24,31)/t18-/m1/s1. The van der Waals surface area contributed by atoms with Gasteiger partial charge in [0.1, 0.15) is 18.3 Å². The summed E-state index contributed by atoms with van der Waals surface area (Å²) in [6, 6.07) is 10.4. The molecule has 32 heavy (non-hydrogen) atoms. The van der Waals surface area contributed by atoms with Gasteiger partial charge in [-0.1, -0.05) is 24.6 Å². The largest absolute Gasteiger partial charge is 0.458 e. The number of aromatic nitrogens is 4. The molecule has 9 heteroatoms. The van der Waals surface area contributed by atoms with Crippen LogP contribution in [0.25, 0.3) is 11.6 Å². The van der Waals surface area contributed by atoms with Crippen LogP contribution in [0.1, 0.15) is 45.4 Å². The number of anilines is 1. The molecule has 2 amide bonds. The Kier molecular flexibility index (Phi) is 6.76. The maximum Gasteiger partial charge on any atom is 0.251 e. The van der Waals surface area contributed by atoms with Crippen LogP contribution in [0.15, 0.2) is 40.8 Å². The van der Waals surface area contributed by atoms with Crippen LogP contribution in [-0.4, -0.2) is 43.6 Å². The number of aryl methyl sites for hydroxylation is 2. The summed E-state index contributed by atoms with van der Waals surface area (Å²) in [5, 5.41) is 15.2. The Bertz CT molecular complexity index is 1080. The normalized spacial score (nSPS) is 12.4. The molecule has 0 aliphatic carbocycles. The number of nitrogens with zero attached hydrogens (tertiary/aromatic N) is 5. The van der Waals surface area contributed by atoms with Gasteiger partial charge in [0.25, 0.3) is 5.91 Å². The monoisotopic (exact) mass is 438 g/mol. The summed E-state index contributed by atoms with van der Waals surface area (Å²) in [6.07, 6.45) is 0.448. The second-order valence-corrected chi connectivity index (χ2v) is 8.82. The van der Waals surface area contributed by atoms with Crippen molar-refractivity contribution in [3.8, 4) is 11.6 Å². The van der Waals surface area contributed by atoms with E-state index >= 15 is 0 Å². The van der Waals surface area contributed by atoms with E-state index in [0.29, 0.717) is 23.7 Å². The molecule has 3 aromatic rings. The quantitative estimate of drug-likeness (QED) is 0.607. The summed E-state index contributed by atoms with van der Waals surface area (Å²) in [5.41, 5.74) is 1.28. The molecule has 2 aromatic heterocycles. The highest BCUT2D eigenvalue weighted by atomic mass is 16.3. The van der Waals surface area contributed by atoms with Gasteiger partial charge in [0.05, 0.1) is 0 Å². The number of amides is 2. The highest BCUT2D eigenvalue weighted by Crippen LogP contribution is 2.22. The van der Waals surface area contributed by atoms with E-state index in [1.165, 1.54) is 9.70 Å². The van der Waals surface area contributed by atoms with Gasteiger partial charge in [0.2, 0.25) is 11.7 Å². The summed E-state index contributed by atoms with van der Waals surface area (Å²) >= 11 is 0. The Hall–Kier alpha value is -3.49. The Labute approximate surface area is 187 Å². The highest BCUT2D eigenvalue weighted by molar-refractivity contribution is 6.00. The molecule has 0 saturated heterocycles. The fourth-order valence-corrected chi connectivity index (χ4v) is 3.30.